The summed E-state index contributed by atoms with van der Waals surface area (Å²) in [6.45, 7) is 0. The third-order valence-electron chi connectivity index (χ3n) is 2.98. The number of ether oxygens (including phenoxy) is 1. The van der Waals surface area contributed by atoms with Gasteiger partial charge in [0.15, 0.2) is 0 Å². The van der Waals surface area contributed by atoms with Gasteiger partial charge in [0, 0.05) is 10.5 Å². The van der Waals surface area contributed by atoms with Gasteiger partial charge in [-0.1, -0.05) is 41.0 Å². The van der Waals surface area contributed by atoms with Crippen LogP contribution in [0.4, 0.5) is 0 Å². The van der Waals surface area contributed by atoms with Gasteiger partial charge in [-0.3, -0.25) is 0 Å². The predicted molar refractivity (Wildman–Crippen MR) is 87.3 cm³/mol. The van der Waals surface area contributed by atoms with Crippen LogP contribution in [-0.2, 0) is 5.75 Å². The van der Waals surface area contributed by atoms with Crippen LogP contribution in [0.25, 0.3) is 11.4 Å². The van der Waals surface area contributed by atoms with Crippen LogP contribution in [0.2, 0.25) is 5.02 Å². The van der Waals surface area contributed by atoms with E-state index in [4.69, 9.17) is 20.9 Å². The van der Waals surface area contributed by atoms with Gasteiger partial charge in [-0.2, -0.15) is 4.98 Å². The quantitative estimate of drug-likeness (QED) is 0.634. The van der Waals surface area contributed by atoms with E-state index in [1.165, 1.54) is 0 Å². The molecule has 6 heteroatoms. The number of hydrogen-bond acceptors (Lipinski definition) is 5. The second-order valence-electron chi connectivity index (χ2n) is 4.46. The number of thioether (sulfide) groups is 1. The molecule has 112 valence electrons. The number of halogens is 1. The first-order valence-corrected chi connectivity index (χ1v) is 7.97. The highest BCUT2D eigenvalue weighted by Crippen LogP contribution is 2.29. The standard InChI is InChI=1S/C16H13ClN2O2S/c1-20-12-6-4-5-11(9-12)16-18-15(21-19-16)10-22-14-8-3-2-7-13(14)17/h2-9H,10H2,1H3. The Labute approximate surface area is 137 Å². The summed E-state index contributed by atoms with van der Waals surface area (Å²) in [6, 6.07) is 15.2. The van der Waals surface area contributed by atoms with Gasteiger partial charge in [0.1, 0.15) is 5.75 Å². The van der Waals surface area contributed by atoms with Crippen molar-refractivity contribution in [1.29, 1.82) is 0 Å². The van der Waals surface area contributed by atoms with Gasteiger partial charge in [-0.15, -0.1) is 11.8 Å². The molecular formula is C16H13ClN2O2S. The molecule has 0 radical (unpaired) electrons. The maximum Gasteiger partial charge on any atom is 0.237 e. The summed E-state index contributed by atoms with van der Waals surface area (Å²) < 4.78 is 10.5. The number of benzene rings is 2. The van der Waals surface area contributed by atoms with Gasteiger partial charge in [-0.05, 0) is 24.3 Å². The van der Waals surface area contributed by atoms with Gasteiger partial charge in [0.05, 0.1) is 17.9 Å². The summed E-state index contributed by atoms with van der Waals surface area (Å²) in [5.74, 6) is 2.44. The lowest BCUT2D eigenvalue weighted by Crippen LogP contribution is -1.86. The van der Waals surface area contributed by atoms with E-state index in [0.29, 0.717) is 17.5 Å². The van der Waals surface area contributed by atoms with E-state index in [1.54, 1.807) is 18.9 Å². The topological polar surface area (TPSA) is 48.2 Å². The van der Waals surface area contributed by atoms with Gasteiger partial charge < -0.3 is 9.26 Å². The Hall–Kier alpha value is -1.98. The van der Waals surface area contributed by atoms with Crippen molar-refractivity contribution in [3.63, 3.8) is 0 Å². The molecule has 0 bridgehead atoms. The van der Waals surface area contributed by atoms with E-state index in [2.05, 4.69) is 10.1 Å². The molecule has 0 N–H and O–H groups in total. The van der Waals surface area contributed by atoms with Crippen molar-refractivity contribution in [1.82, 2.24) is 10.1 Å². The first-order chi connectivity index (χ1) is 10.8. The fourth-order valence-corrected chi connectivity index (χ4v) is 2.97. The molecule has 3 aromatic rings. The number of hydrogen-bond donors (Lipinski definition) is 0. The molecule has 3 rings (SSSR count). The number of methoxy groups -OCH3 is 1. The van der Waals surface area contributed by atoms with Gasteiger partial charge in [-0.25, -0.2) is 0 Å². The van der Waals surface area contributed by atoms with Crippen molar-refractivity contribution in [3.8, 4) is 17.1 Å². The van der Waals surface area contributed by atoms with Crippen molar-refractivity contribution in [3.05, 3.63) is 59.4 Å². The molecule has 0 aliphatic carbocycles. The highest BCUT2D eigenvalue weighted by atomic mass is 35.5. The Kier molecular flexibility index (Phi) is 4.65. The van der Waals surface area contributed by atoms with Crippen LogP contribution in [0, 0.1) is 0 Å². The van der Waals surface area contributed by atoms with E-state index >= 15 is 0 Å². The molecule has 4 nitrogen and oxygen atoms in total. The Bertz CT molecular complexity index is 776. The number of aromatic nitrogens is 2. The maximum absolute atomic E-state index is 6.12. The van der Waals surface area contributed by atoms with E-state index in [-0.39, 0.29) is 0 Å². The van der Waals surface area contributed by atoms with Crippen LogP contribution in [0.1, 0.15) is 5.89 Å². The summed E-state index contributed by atoms with van der Waals surface area (Å²) in [5, 5.41) is 4.73. The smallest absolute Gasteiger partial charge is 0.237 e. The van der Waals surface area contributed by atoms with E-state index in [0.717, 1.165) is 21.2 Å². The predicted octanol–water partition coefficient (Wildman–Crippen LogP) is 4.69. The van der Waals surface area contributed by atoms with Crippen LogP contribution in [0.5, 0.6) is 5.75 Å². The van der Waals surface area contributed by atoms with Gasteiger partial charge in [0.2, 0.25) is 11.7 Å². The largest absolute Gasteiger partial charge is 0.497 e. The van der Waals surface area contributed by atoms with Crippen molar-refractivity contribution in [2.45, 2.75) is 10.6 Å². The zero-order valence-corrected chi connectivity index (χ0v) is 13.4. The minimum absolute atomic E-state index is 0.550. The molecule has 0 unspecified atom stereocenters. The lowest BCUT2D eigenvalue weighted by atomic mass is 10.2. The fourth-order valence-electron chi connectivity index (χ4n) is 1.89. The van der Waals surface area contributed by atoms with Crippen LogP contribution in [0.3, 0.4) is 0 Å². The van der Waals surface area contributed by atoms with Gasteiger partial charge >= 0.3 is 0 Å². The lowest BCUT2D eigenvalue weighted by Gasteiger charge is -2.00. The molecule has 0 aliphatic heterocycles. The SMILES string of the molecule is COc1cccc(-c2noc(CSc3ccccc3Cl)n2)c1. The van der Waals surface area contributed by atoms with E-state index in [9.17, 15) is 0 Å². The Morgan fingerprint density at radius 3 is 2.86 bits per heavy atom. The number of rotatable bonds is 5. The molecule has 0 saturated heterocycles. The normalized spacial score (nSPS) is 10.6. The van der Waals surface area contributed by atoms with Crippen molar-refractivity contribution in [2.24, 2.45) is 0 Å². The number of nitrogens with zero attached hydrogens (tertiary/aromatic N) is 2. The van der Waals surface area contributed by atoms with Crippen LogP contribution in [-0.4, -0.2) is 17.3 Å². The molecule has 1 aromatic heterocycles. The summed E-state index contributed by atoms with van der Waals surface area (Å²) in [6.07, 6.45) is 0. The molecule has 0 spiro atoms. The van der Waals surface area contributed by atoms with Crippen molar-refractivity contribution >= 4 is 23.4 Å². The second-order valence-corrected chi connectivity index (χ2v) is 5.89. The highest BCUT2D eigenvalue weighted by molar-refractivity contribution is 7.98. The maximum atomic E-state index is 6.12. The zero-order valence-electron chi connectivity index (χ0n) is 11.8. The molecule has 22 heavy (non-hydrogen) atoms. The van der Waals surface area contributed by atoms with Crippen LogP contribution in [0.15, 0.2) is 57.9 Å². The third-order valence-corrected chi connectivity index (χ3v) is 4.48. The van der Waals surface area contributed by atoms with Crippen molar-refractivity contribution in [2.75, 3.05) is 7.11 Å². The molecule has 0 atom stereocenters. The zero-order chi connectivity index (χ0) is 15.4. The molecule has 2 aromatic carbocycles. The Balaban J connectivity index is 1.72. The molecule has 0 aliphatic rings. The fraction of sp³-hybridized carbons (Fsp3) is 0.125. The highest BCUT2D eigenvalue weighted by Gasteiger charge is 2.10. The Morgan fingerprint density at radius 2 is 2.05 bits per heavy atom. The minimum atomic E-state index is 0.550. The van der Waals surface area contributed by atoms with E-state index in [1.807, 2.05) is 48.5 Å². The molecule has 0 amide bonds. The summed E-state index contributed by atoms with van der Waals surface area (Å²) in [4.78, 5) is 5.39. The molecule has 0 fully saturated rings. The average Bonchev–Trinajstić information content (AvgIpc) is 3.03. The first-order valence-electron chi connectivity index (χ1n) is 6.60. The third kappa shape index (κ3) is 3.43. The molecular weight excluding hydrogens is 320 g/mol. The lowest BCUT2D eigenvalue weighted by molar-refractivity contribution is 0.391. The average molecular weight is 333 g/mol. The van der Waals surface area contributed by atoms with Crippen molar-refractivity contribution < 1.29 is 9.26 Å². The Morgan fingerprint density at radius 1 is 1.18 bits per heavy atom. The van der Waals surface area contributed by atoms with Crippen LogP contribution >= 0.6 is 23.4 Å². The van der Waals surface area contributed by atoms with E-state index < -0.39 is 0 Å². The molecule has 1 heterocycles. The van der Waals surface area contributed by atoms with Gasteiger partial charge in [0.25, 0.3) is 0 Å². The van der Waals surface area contributed by atoms with Crippen LogP contribution < -0.4 is 4.74 Å². The first kappa shape index (κ1) is 14.9. The summed E-state index contributed by atoms with van der Waals surface area (Å²) in [5.41, 5.74) is 0.858. The minimum Gasteiger partial charge on any atom is -0.497 e. The summed E-state index contributed by atoms with van der Waals surface area (Å²) in [7, 11) is 1.63. The summed E-state index contributed by atoms with van der Waals surface area (Å²) >= 11 is 7.69. The monoisotopic (exact) mass is 332 g/mol. The second kappa shape index (κ2) is 6.85. The molecule has 0 saturated carbocycles.